The summed E-state index contributed by atoms with van der Waals surface area (Å²) in [6, 6.07) is 13.0. The van der Waals surface area contributed by atoms with E-state index in [-0.39, 0.29) is 24.3 Å². The molecular weight excluding hydrogens is 404 g/mol. The van der Waals surface area contributed by atoms with E-state index in [9.17, 15) is 20.1 Å². The molecule has 5 N–H and O–H groups in total. The van der Waals surface area contributed by atoms with Gasteiger partial charge in [0.1, 0.15) is 5.75 Å². The number of hydrogen-bond acceptors (Lipinski definition) is 5. The molecular formula is C26H36N2O4. The Bertz CT molecular complexity index is 880. The quantitative estimate of drug-likeness (QED) is 0.370. The lowest BCUT2D eigenvalue weighted by molar-refractivity contribution is -0.120. The molecule has 0 heterocycles. The van der Waals surface area contributed by atoms with E-state index >= 15 is 0 Å². The molecule has 3 rings (SSSR count). The molecule has 1 fully saturated rings. The molecule has 0 bridgehead atoms. The second-order valence-electron chi connectivity index (χ2n) is 9.03. The third-order valence-corrected chi connectivity index (χ3v) is 6.28. The lowest BCUT2D eigenvalue weighted by Gasteiger charge is -2.18. The van der Waals surface area contributed by atoms with Gasteiger partial charge in [0.25, 0.3) is 0 Å². The number of carbonyl (C=O) groups excluding carboxylic acids is 1. The second-order valence-corrected chi connectivity index (χ2v) is 9.03. The van der Waals surface area contributed by atoms with Gasteiger partial charge in [-0.15, -0.1) is 0 Å². The van der Waals surface area contributed by atoms with Crippen molar-refractivity contribution in [2.75, 3.05) is 13.1 Å². The highest BCUT2D eigenvalue weighted by molar-refractivity contribution is 5.78. The van der Waals surface area contributed by atoms with Gasteiger partial charge in [0.2, 0.25) is 5.91 Å². The van der Waals surface area contributed by atoms with Crippen LogP contribution in [0.1, 0.15) is 61.0 Å². The van der Waals surface area contributed by atoms with Gasteiger partial charge in [-0.05, 0) is 60.9 Å². The predicted octanol–water partition coefficient (Wildman–Crippen LogP) is 2.99. The van der Waals surface area contributed by atoms with Gasteiger partial charge in [0.15, 0.2) is 0 Å². The zero-order valence-corrected chi connectivity index (χ0v) is 18.9. The zero-order chi connectivity index (χ0) is 22.9. The minimum atomic E-state index is -0.738. The number of phenols is 1. The molecule has 0 radical (unpaired) electrons. The molecule has 6 heteroatoms. The summed E-state index contributed by atoms with van der Waals surface area (Å²) in [5.41, 5.74) is 3.21. The van der Waals surface area contributed by atoms with Crippen molar-refractivity contribution < 1.29 is 20.1 Å². The maximum absolute atomic E-state index is 12.3. The topological polar surface area (TPSA) is 102 Å². The van der Waals surface area contributed by atoms with E-state index in [1.54, 1.807) is 12.1 Å². The number of benzene rings is 2. The van der Waals surface area contributed by atoms with Gasteiger partial charge < -0.3 is 26.0 Å². The average molecular weight is 441 g/mol. The number of aromatic hydroxyl groups is 1. The summed E-state index contributed by atoms with van der Waals surface area (Å²) in [6.07, 6.45) is 5.46. The fourth-order valence-electron chi connectivity index (χ4n) is 4.38. The first-order valence-electron chi connectivity index (χ1n) is 11.6. The van der Waals surface area contributed by atoms with Crippen LogP contribution in [0.15, 0.2) is 42.5 Å². The van der Waals surface area contributed by atoms with Gasteiger partial charge in [-0.3, -0.25) is 4.79 Å². The van der Waals surface area contributed by atoms with Crippen LogP contribution < -0.4 is 10.6 Å². The third-order valence-electron chi connectivity index (χ3n) is 6.28. The van der Waals surface area contributed by atoms with Crippen molar-refractivity contribution in [3.8, 4) is 5.75 Å². The number of amides is 1. The van der Waals surface area contributed by atoms with Crippen LogP contribution in [0.25, 0.3) is 0 Å². The predicted molar refractivity (Wildman–Crippen MR) is 125 cm³/mol. The van der Waals surface area contributed by atoms with Crippen LogP contribution in [0.5, 0.6) is 5.75 Å². The Labute approximate surface area is 190 Å². The normalized spacial score (nSPS) is 16.1. The lowest BCUT2D eigenvalue weighted by atomic mass is 10.0. The van der Waals surface area contributed by atoms with E-state index in [4.69, 9.17) is 0 Å². The van der Waals surface area contributed by atoms with E-state index in [0.29, 0.717) is 30.0 Å². The molecule has 0 unspecified atom stereocenters. The number of aliphatic hydroxyl groups is 2. The second kappa shape index (κ2) is 12.0. The van der Waals surface area contributed by atoms with Gasteiger partial charge in [-0.2, -0.15) is 0 Å². The Morgan fingerprint density at radius 1 is 1.12 bits per heavy atom. The van der Waals surface area contributed by atoms with Gasteiger partial charge in [0.05, 0.1) is 19.1 Å². The molecule has 32 heavy (non-hydrogen) atoms. The largest absolute Gasteiger partial charge is 0.508 e. The first kappa shape index (κ1) is 24.2. The summed E-state index contributed by atoms with van der Waals surface area (Å²) in [6.45, 7) is 2.94. The molecule has 0 aromatic heterocycles. The van der Waals surface area contributed by atoms with Crippen LogP contribution in [0, 0.1) is 5.92 Å². The van der Waals surface area contributed by atoms with Gasteiger partial charge in [-0.1, -0.05) is 43.2 Å². The van der Waals surface area contributed by atoms with Crippen LogP contribution in [-0.2, 0) is 24.2 Å². The van der Waals surface area contributed by atoms with Crippen molar-refractivity contribution >= 4 is 5.91 Å². The maximum Gasteiger partial charge on any atom is 0.224 e. The minimum absolute atomic E-state index is 0.0249. The molecule has 2 atom stereocenters. The van der Waals surface area contributed by atoms with Crippen LogP contribution in [-0.4, -0.2) is 40.4 Å². The maximum atomic E-state index is 12.3. The number of hydrogen-bond donors (Lipinski definition) is 5. The van der Waals surface area contributed by atoms with Crippen LogP contribution in [0.4, 0.5) is 0 Å². The summed E-state index contributed by atoms with van der Waals surface area (Å²) in [5.74, 6) is 0.751. The molecule has 1 saturated carbocycles. The Balaban J connectivity index is 1.45. The fraction of sp³-hybridized carbons (Fsp3) is 0.500. The van der Waals surface area contributed by atoms with E-state index in [1.165, 1.54) is 31.7 Å². The van der Waals surface area contributed by atoms with Gasteiger partial charge in [-0.25, -0.2) is 0 Å². The minimum Gasteiger partial charge on any atom is -0.508 e. The zero-order valence-electron chi connectivity index (χ0n) is 18.9. The highest BCUT2D eigenvalue weighted by Gasteiger charge is 2.16. The average Bonchev–Trinajstić information content (AvgIpc) is 3.30. The van der Waals surface area contributed by atoms with E-state index in [1.807, 2.05) is 12.1 Å². The smallest absolute Gasteiger partial charge is 0.224 e. The molecule has 0 spiro atoms. The first-order chi connectivity index (χ1) is 15.4. The summed E-state index contributed by atoms with van der Waals surface area (Å²) in [7, 11) is 0. The fourth-order valence-corrected chi connectivity index (χ4v) is 4.38. The molecule has 1 amide bonds. The standard InChI is InChI=1S/C26H36N2O4/c1-18(27-16-25(31)22-9-10-24(30)23(14-22)17-29)11-20-7-4-8-21(12-20)13-26(32)28-15-19-5-2-3-6-19/h4,7-10,12,14,18-19,25,27,29-31H,2-3,5-6,11,13,15-17H2,1H3,(H,28,32)/t18-,25+/m1/s1. The van der Waals surface area contributed by atoms with E-state index < -0.39 is 6.10 Å². The highest BCUT2D eigenvalue weighted by atomic mass is 16.3. The first-order valence-corrected chi connectivity index (χ1v) is 11.6. The van der Waals surface area contributed by atoms with E-state index in [0.717, 1.165) is 24.1 Å². The number of aliphatic hydroxyl groups excluding tert-OH is 2. The summed E-state index contributed by atoms with van der Waals surface area (Å²) >= 11 is 0. The summed E-state index contributed by atoms with van der Waals surface area (Å²) in [4.78, 5) is 12.3. The Kier molecular flexibility index (Phi) is 9.09. The summed E-state index contributed by atoms with van der Waals surface area (Å²) in [5, 5.41) is 35.8. The molecule has 2 aromatic rings. The molecule has 2 aromatic carbocycles. The van der Waals surface area contributed by atoms with Crippen molar-refractivity contribution in [2.45, 2.75) is 64.2 Å². The van der Waals surface area contributed by atoms with Crippen molar-refractivity contribution in [1.29, 1.82) is 0 Å². The van der Waals surface area contributed by atoms with Crippen molar-refractivity contribution in [1.82, 2.24) is 10.6 Å². The molecule has 1 aliphatic rings. The van der Waals surface area contributed by atoms with Crippen molar-refractivity contribution in [2.24, 2.45) is 5.92 Å². The molecule has 0 saturated heterocycles. The van der Waals surface area contributed by atoms with Crippen LogP contribution in [0.2, 0.25) is 0 Å². The molecule has 0 aliphatic heterocycles. The number of carbonyl (C=O) groups is 1. The van der Waals surface area contributed by atoms with Gasteiger partial charge >= 0.3 is 0 Å². The van der Waals surface area contributed by atoms with Crippen LogP contribution >= 0.6 is 0 Å². The Morgan fingerprint density at radius 2 is 1.88 bits per heavy atom. The number of nitrogens with one attached hydrogen (secondary N) is 2. The molecule has 6 nitrogen and oxygen atoms in total. The summed E-state index contributed by atoms with van der Waals surface area (Å²) < 4.78 is 0. The SMILES string of the molecule is C[C@H](Cc1cccc(CC(=O)NCC2CCCC2)c1)NC[C@H](O)c1ccc(O)c(CO)c1. The molecule has 174 valence electrons. The van der Waals surface area contributed by atoms with Crippen molar-refractivity contribution in [3.63, 3.8) is 0 Å². The van der Waals surface area contributed by atoms with Gasteiger partial charge in [0, 0.05) is 24.7 Å². The monoisotopic (exact) mass is 440 g/mol. The van der Waals surface area contributed by atoms with E-state index in [2.05, 4.69) is 29.7 Å². The van der Waals surface area contributed by atoms with Crippen molar-refractivity contribution in [3.05, 3.63) is 64.7 Å². The molecule has 1 aliphatic carbocycles. The lowest BCUT2D eigenvalue weighted by Crippen LogP contribution is -2.32. The Morgan fingerprint density at radius 3 is 2.62 bits per heavy atom. The Hall–Kier alpha value is -2.41. The number of rotatable bonds is 11. The highest BCUT2D eigenvalue weighted by Crippen LogP contribution is 2.24. The van der Waals surface area contributed by atoms with Crippen LogP contribution in [0.3, 0.4) is 0 Å². The third kappa shape index (κ3) is 7.33.